The summed E-state index contributed by atoms with van der Waals surface area (Å²) in [5.41, 5.74) is 0. The second kappa shape index (κ2) is 3.31. The summed E-state index contributed by atoms with van der Waals surface area (Å²) in [6.07, 6.45) is 5.08. The van der Waals surface area contributed by atoms with Crippen LogP contribution < -0.4 is 0 Å². The average Bonchev–Trinajstić information content (AvgIpc) is 2.35. The molecule has 12 heavy (non-hydrogen) atoms. The molecule has 0 saturated heterocycles. The second-order valence-corrected chi connectivity index (χ2v) is 4.59. The largest absolute Gasteiger partial charge is 0.468 e. The van der Waals surface area contributed by atoms with E-state index in [0.29, 0.717) is 5.76 Å². The van der Waals surface area contributed by atoms with Crippen molar-refractivity contribution in [1.82, 2.24) is 0 Å². The van der Waals surface area contributed by atoms with E-state index in [0.717, 1.165) is 12.7 Å². The van der Waals surface area contributed by atoms with Crippen LogP contribution in [0.25, 0.3) is 0 Å². The maximum absolute atomic E-state index is 11.0. The predicted molar refractivity (Wildman–Crippen MR) is 45.5 cm³/mol. The van der Waals surface area contributed by atoms with Gasteiger partial charge in [-0.05, 0) is 12.5 Å². The first-order valence-corrected chi connectivity index (χ1v) is 5.55. The van der Waals surface area contributed by atoms with Gasteiger partial charge in [-0.25, -0.2) is 8.42 Å². The summed E-state index contributed by atoms with van der Waals surface area (Å²) in [5.74, 6) is 0.609. The molecule has 0 aliphatic rings. The Bertz CT molecular complexity index is 348. The minimum absolute atomic E-state index is 0.238. The second-order valence-electron chi connectivity index (χ2n) is 2.57. The van der Waals surface area contributed by atoms with Gasteiger partial charge >= 0.3 is 0 Å². The van der Waals surface area contributed by atoms with Crippen LogP contribution in [-0.4, -0.2) is 14.7 Å². The Kier molecular flexibility index (Phi) is 2.57. The van der Waals surface area contributed by atoms with Crippen LogP contribution in [0.15, 0.2) is 21.6 Å². The van der Waals surface area contributed by atoms with Crippen LogP contribution in [0, 0.1) is 6.42 Å². The zero-order valence-electron chi connectivity index (χ0n) is 7.07. The van der Waals surface area contributed by atoms with E-state index in [9.17, 15) is 8.42 Å². The summed E-state index contributed by atoms with van der Waals surface area (Å²) in [6, 6.07) is 1.53. The molecule has 1 aromatic rings. The van der Waals surface area contributed by atoms with Gasteiger partial charge in [-0.1, -0.05) is 6.92 Å². The standard InChI is InChI=1S/C8H11O3S/c1-3-4-7-5-8(6-11-7)12(2,9)10/h4-6H,3H2,1-2H3. The topological polar surface area (TPSA) is 47.3 Å². The first-order chi connectivity index (χ1) is 5.54. The van der Waals surface area contributed by atoms with E-state index < -0.39 is 9.84 Å². The van der Waals surface area contributed by atoms with E-state index in [1.165, 1.54) is 12.3 Å². The number of rotatable bonds is 3. The summed E-state index contributed by atoms with van der Waals surface area (Å²) in [5, 5.41) is 0. The lowest BCUT2D eigenvalue weighted by molar-refractivity contribution is 0.530. The van der Waals surface area contributed by atoms with Gasteiger partial charge in [-0.2, -0.15) is 0 Å². The maximum atomic E-state index is 11.0. The van der Waals surface area contributed by atoms with Gasteiger partial charge < -0.3 is 4.42 Å². The van der Waals surface area contributed by atoms with Crippen LogP contribution in [0.1, 0.15) is 19.1 Å². The molecule has 1 heterocycles. The monoisotopic (exact) mass is 187 g/mol. The summed E-state index contributed by atoms with van der Waals surface area (Å²) in [4.78, 5) is 0.238. The number of hydrogen-bond donors (Lipinski definition) is 0. The summed E-state index contributed by atoms with van der Waals surface area (Å²) >= 11 is 0. The van der Waals surface area contributed by atoms with Crippen LogP contribution in [0.5, 0.6) is 0 Å². The minimum Gasteiger partial charge on any atom is -0.468 e. The predicted octanol–water partition coefficient (Wildman–Crippen LogP) is 1.65. The Morgan fingerprint density at radius 3 is 2.67 bits per heavy atom. The van der Waals surface area contributed by atoms with Crippen LogP contribution in [-0.2, 0) is 9.84 Å². The molecule has 0 aliphatic carbocycles. The van der Waals surface area contributed by atoms with Gasteiger partial charge in [0.05, 0.1) is 0 Å². The summed E-state index contributed by atoms with van der Waals surface area (Å²) in [7, 11) is -3.11. The van der Waals surface area contributed by atoms with Crippen LogP contribution in [0.3, 0.4) is 0 Å². The van der Waals surface area contributed by atoms with Crippen molar-refractivity contribution in [2.24, 2.45) is 0 Å². The first-order valence-electron chi connectivity index (χ1n) is 3.66. The summed E-state index contributed by atoms with van der Waals surface area (Å²) < 4.78 is 26.9. The highest BCUT2D eigenvalue weighted by molar-refractivity contribution is 7.90. The highest BCUT2D eigenvalue weighted by Crippen LogP contribution is 2.15. The third-order valence-electron chi connectivity index (χ3n) is 1.43. The molecule has 0 spiro atoms. The number of furan rings is 1. The molecule has 0 unspecified atom stereocenters. The quantitative estimate of drug-likeness (QED) is 0.722. The van der Waals surface area contributed by atoms with Crippen LogP contribution >= 0.6 is 0 Å². The smallest absolute Gasteiger partial charge is 0.178 e. The zero-order valence-corrected chi connectivity index (χ0v) is 7.89. The van der Waals surface area contributed by atoms with Crippen molar-refractivity contribution in [3.63, 3.8) is 0 Å². The van der Waals surface area contributed by atoms with Gasteiger partial charge in [0.15, 0.2) is 9.84 Å². The number of hydrogen-bond acceptors (Lipinski definition) is 3. The van der Waals surface area contributed by atoms with Gasteiger partial charge in [-0.3, -0.25) is 0 Å². The fraction of sp³-hybridized carbons (Fsp3) is 0.375. The molecule has 0 bridgehead atoms. The van der Waals surface area contributed by atoms with E-state index in [2.05, 4.69) is 0 Å². The first kappa shape index (κ1) is 9.32. The SMILES string of the molecule is CC[CH]c1cc(S(C)(=O)=O)co1. The Morgan fingerprint density at radius 2 is 2.25 bits per heavy atom. The molecule has 0 aromatic carbocycles. The molecule has 0 atom stereocenters. The molecule has 67 valence electrons. The zero-order chi connectivity index (χ0) is 9.19. The van der Waals surface area contributed by atoms with E-state index >= 15 is 0 Å². The molecular weight excluding hydrogens is 176 g/mol. The maximum Gasteiger partial charge on any atom is 0.178 e. The van der Waals surface area contributed by atoms with Crippen LogP contribution in [0.2, 0.25) is 0 Å². The van der Waals surface area contributed by atoms with E-state index in [1.54, 1.807) is 0 Å². The van der Waals surface area contributed by atoms with Crippen molar-refractivity contribution >= 4 is 9.84 Å². The molecule has 0 saturated carbocycles. The van der Waals surface area contributed by atoms with Gasteiger partial charge in [0, 0.05) is 12.7 Å². The lowest BCUT2D eigenvalue weighted by Crippen LogP contribution is -1.93. The van der Waals surface area contributed by atoms with Crippen molar-refractivity contribution in [3.8, 4) is 0 Å². The van der Waals surface area contributed by atoms with Crippen molar-refractivity contribution in [2.75, 3.05) is 6.26 Å². The van der Waals surface area contributed by atoms with Gasteiger partial charge in [0.1, 0.15) is 16.9 Å². The van der Waals surface area contributed by atoms with Gasteiger partial charge in [0.2, 0.25) is 0 Å². The summed E-state index contributed by atoms with van der Waals surface area (Å²) in [6.45, 7) is 1.96. The normalized spacial score (nSPS) is 11.8. The van der Waals surface area contributed by atoms with Crippen LogP contribution in [0.4, 0.5) is 0 Å². The van der Waals surface area contributed by atoms with Crippen molar-refractivity contribution in [3.05, 3.63) is 24.5 Å². The Labute approximate surface area is 72.3 Å². The fourth-order valence-corrected chi connectivity index (χ4v) is 1.39. The molecular formula is C8H11O3S. The average molecular weight is 187 g/mol. The fourth-order valence-electron chi connectivity index (χ4n) is 0.837. The lowest BCUT2D eigenvalue weighted by atomic mass is 10.3. The lowest BCUT2D eigenvalue weighted by Gasteiger charge is -1.87. The number of sulfone groups is 1. The highest BCUT2D eigenvalue weighted by Gasteiger charge is 2.10. The highest BCUT2D eigenvalue weighted by atomic mass is 32.2. The molecule has 1 radical (unpaired) electrons. The van der Waals surface area contributed by atoms with Gasteiger partial charge in [0.25, 0.3) is 0 Å². The molecule has 3 nitrogen and oxygen atoms in total. The molecule has 0 N–H and O–H groups in total. The van der Waals surface area contributed by atoms with Gasteiger partial charge in [-0.15, -0.1) is 0 Å². The molecule has 0 fully saturated rings. The molecule has 1 aromatic heterocycles. The van der Waals surface area contributed by atoms with Crippen molar-refractivity contribution < 1.29 is 12.8 Å². The van der Waals surface area contributed by atoms with E-state index in [1.807, 2.05) is 13.3 Å². The third kappa shape index (κ3) is 2.11. The molecule has 1 rings (SSSR count). The third-order valence-corrected chi connectivity index (χ3v) is 2.50. The minimum atomic E-state index is -3.11. The molecule has 0 aliphatic heterocycles. The Morgan fingerprint density at radius 1 is 1.58 bits per heavy atom. The molecule has 4 heteroatoms. The Balaban J connectivity index is 2.92. The Hall–Kier alpha value is -0.770. The van der Waals surface area contributed by atoms with E-state index in [4.69, 9.17) is 4.42 Å². The van der Waals surface area contributed by atoms with E-state index in [-0.39, 0.29) is 4.90 Å². The van der Waals surface area contributed by atoms with Crippen molar-refractivity contribution in [2.45, 2.75) is 18.2 Å². The van der Waals surface area contributed by atoms with Crippen molar-refractivity contribution in [1.29, 1.82) is 0 Å². The molecule has 0 amide bonds.